The highest BCUT2D eigenvalue weighted by atomic mass is 16.5. The molecule has 0 spiro atoms. The number of methoxy groups -OCH3 is 3. The first-order valence-corrected chi connectivity index (χ1v) is 6.70. The predicted octanol–water partition coefficient (Wildman–Crippen LogP) is 1.23. The Morgan fingerprint density at radius 2 is 1.95 bits per heavy atom. The molecule has 0 aliphatic rings. The number of hydrogen-bond acceptors (Lipinski definition) is 6. The Labute approximate surface area is 128 Å². The van der Waals surface area contributed by atoms with Gasteiger partial charge in [-0.25, -0.2) is 4.98 Å². The molecule has 118 valence electrons. The Bertz CT molecular complexity index is 712. The molecule has 0 saturated heterocycles. The standard InChI is InChI=1S/C15H19N3O4/c1-20-5-4-13-17-11(8-14(19)18-13)9-6-10(16)15(22-3)12(7-9)21-2/h6-8H,4-5,16H2,1-3H3,(H,17,18,19). The maximum Gasteiger partial charge on any atom is 0.251 e. The minimum Gasteiger partial charge on any atom is -0.493 e. The van der Waals surface area contributed by atoms with Gasteiger partial charge in [-0.3, -0.25) is 4.79 Å². The molecule has 2 aromatic rings. The Kier molecular flexibility index (Phi) is 5.00. The van der Waals surface area contributed by atoms with Crippen molar-refractivity contribution in [3.63, 3.8) is 0 Å². The lowest BCUT2D eigenvalue weighted by Crippen LogP contribution is -2.12. The molecule has 0 radical (unpaired) electrons. The second kappa shape index (κ2) is 6.95. The molecule has 0 atom stereocenters. The summed E-state index contributed by atoms with van der Waals surface area (Å²) in [6.45, 7) is 0.473. The van der Waals surface area contributed by atoms with E-state index in [9.17, 15) is 4.79 Å². The van der Waals surface area contributed by atoms with Gasteiger partial charge in [0.1, 0.15) is 5.82 Å². The molecule has 7 heteroatoms. The zero-order valence-corrected chi connectivity index (χ0v) is 12.8. The molecule has 7 nitrogen and oxygen atoms in total. The lowest BCUT2D eigenvalue weighted by molar-refractivity contribution is 0.200. The zero-order chi connectivity index (χ0) is 16.1. The van der Waals surface area contributed by atoms with Gasteiger partial charge in [-0.15, -0.1) is 0 Å². The number of nitrogen functional groups attached to an aromatic ring is 1. The van der Waals surface area contributed by atoms with Crippen molar-refractivity contribution in [3.8, 4) is 22.8 Å². The van der Waals surface area contributed by atoms with Crippen molar-refractivity contribution in [2.75, 3.05) is 33.7 Å². The maximum atomic E-state index is 11.8. The largest absolute Gasteiger partial charge is 0.493 e. The molecule has 22 heavy (non-hydrogen) atoms. The Morgan fingerprint density at radius 3 is 2.59 bits per heavy atom. The van der Waals surface area contributed by atoms with E-state index in [-0.39, 0.29) is 5.56 Å². The third-order valence-corrected chi connectivity index (χ3v) is 3.14. The van der Waals surface area contributed by atoms with Gasteiger partial charge in [0.05, 0.1) is 32.2 Å². The molecule has 1 heterocycles. The SMILES string of the molecule is COCCc1nc(-c2cc(N)c(OC)c(OC)c2)cc(=O)[nH]1. The van der Waals surface area contributed by atoms with Crippen molar-refractivity contribution in [2.45, 2.75) is 6.42 Å². The monoisotopic (exact) mass is 305 g/mol. The van der Waals surface area contributed by atoms with Crippen LogP contribution in [0.25, 0.3) is 11.3 Å². The van der Waals surface area contributed by atoms with Crippen molar-refractivity contribution >= 4 is 5.69 Å². The average Bonchev–Trinajstić information content (AvgIpc) is 2.51. The summed E-state index contributed by atoms with van der Waals surface area (Å²) < 4.78 is 15.5. The number of nitrogens with zero attached hydrogens (tertiary/aromatic N) is 1. The van der Waals surface area contributed by atoms with Crippen LogP contribution in [0.3, 0.4) is 0 Å². The van der Waals surface area contributed by atoms with Crippen molar-refractivity contribution in [3.05, 3.63) is 34.4 Å². The Morgan fingerprint density at radius 1 is 1.18 bits per heavy atom. The molecule has 0 bridgehead atoms. The van der Waals surface area contributed by atoms with Gasteiger partial charge in [-0.2, -0.15) is 0 Å². The third-order valence-electron chi connectivity index (χ3n) is 3.14. The fourth-order valence-electron chi connectivity index (χ4n) is 2.11. The average molecular weight is 305 g/mol. The Hall–Kier alpha value is -2.54. The van der Waals surface area contributed by atoms with Crippen molar-refractivity contribution in [1.82, 2.24) is 9.97 Å². The number of nitrogens with two attached hydrogens (primary N) is 1. The summed E-state index contributed by atoms with van der Waals surface area (Å²) in [5, 5.41) is 0. The first-order chi connectivity index (χ1) is 10.6. The van der Waals surface area contributed by atoms with Crippen molar-refractivity contribution < 1.29 is 14.2 Å². The number of benzene rings is 1. The summed E-state index contributed by atoms with van der Waals surface area (Å²) in [6, 6.07) is 4.84. The molecule has 0 aliphatic carbocycles. The first kappa shape index (κ1) is 15.8. The summed E-state index contributed by atoms with van der Waals surface area (Å²) in [6.07, 6.45) is 0.516. The fraction of sp³-hybridized carbons (Fsp3) is 0.333. The molecule has 0 aliphatic heterocycles. The maximum absolute atomic E-state index is 11.8. The number of hydrogen-bond donors (Lipinski definition) is 2. The van der Waals surface area contributed by atoms with Crippen LogP contribution < -0.4 is 20.8 Å². The smallest absolute Gasteiger partial charge is 0.251 e. The van der Waals surface area contributed by atoms with Gasteiger partial charge in [-0.1, -0.05) is 0 Å². The van der Waals surface area contributed by atoms with E-state index in [0.29, 0.717) is 47.3 Å². The van der Waals surface area contributed by atoms with E-state index in [2.05, 4.69) is 9.97 Å². The molecular formula is C15H19N3O4. The molecule has 0 saturated carbocycles. The first-order valence-electron chi connectivity index (χ1n) is 6.70. The fourth-order valence-corrected chi connectivity index (χ4v) is 2.11. The highest BCUT2D eigenvalue weighted by molar-refractivity contribution is 5.73. The molecule has 0 fully saturated rings. The van der Waals surface area contributed by atoms with Crippen LogP contribution in [-0.4, -0.2) is 37.9 Å². The zero-order valence-electron chi connectivity index (χ0n) is 12.8. The van der Waals surface area contributed by atoms with Crippen LogP contribution in [0.1, 0.15) is 5.82 Å². The summed E-state index contributed by atoms with van der Waals surface area (Å²) in [5.41, 5.74) is 7.34. The number of anilines is 1. The number of rotatable bonds is 6. The highest BCUT2D eigenvalue weighted by Crippen LogP contribution is 2.37. The quantitative estimate of drug-likeness (QED) is 0.779. The second-order valence-corrected chi connectivity index (χ2v) is 4.62. The topological polar surface area (TPSA) is 99.5 Å². The van der Waals surface area contributed by atoms with Crippen LogP contribution in [0, 0.1) is 0 Å². The third kappa shape index (κ3) is 3.37. The van der Waals surface area contributed by atoms with E-state index < -0.39 is 0 Å². The van der Waals surface area contributed by atoms with Gasteiger partial charge in [0.2, 0.25) is 0 Å². The number of aromatic amines is 1. The van der Waals surface area contributed by atoms with Gasteiger partial charge < -0.3 is 24.9 Å². The summed E-state index contributed by atoms with van der Waals surface area (Å²) in [5.74, 6) is 1.49. The minimum atomic E-state index is -0.232. The van der Waals surface area contributed by atoms with Gasteiger partial charge >= 0.3 is 0 Å². The van der Waals surface area contributed by atoms with Crippen LogP contribution in [0.2, 0.25) is 0 Å². The summed E-state index contributed by atoms with van der Waals surface area (Å²) in [7, 11) is 4.63. The highest BCUT2D eigenvalue weighted by Gasteiger charge is 2.13. The molecule has 1 aromatic carbocycles. The van der Waals surface area contributed by atoms with E-state index in [1.165, 1.54) is 20.3 Å². The summed E-state index contributed by atoms with van der Waals surface area (Å²) >= 11 is 0. The lowest BCUT2D eigenvalue weighted by Gasteiger charge is -2.12. The van der Waals surface area contributed by atoms with Crippen LogP contribution in [-0.2, 0) is 11.2 Å². The number of nitrogens with one attached hydrogen (secondary N) is 1. The van der Waals surface area contributed by atoms with E-state index >= 15 is 0 Å². The van der Waals surface area contributed by atoms with Gasteiger partial charge in [0, 0.05) is 25.2 Å². The van der Waals surface area contributed by atoms with E-state index in [1.54, 1.807) is 19.2 Å². The molecule has 2 rings (SSSR count). The van der Waals surface area contributed by atoms with Gasteiger partial charge in [0.15, 0.2) is 11.5 Å². The van der Waals surface area contributed by atoms with E-state index in [1.807, 2.05) is 0 Å². The van der Waals surface area contributed by atoms with E-state index in [0.717, 1.165) is 0 Å². The van der Waals surface area contributed by atoms with Crippen LogP contribution in [0.4, 0.5) is 5.69 Å². The molecule has 3 N–H and O–H groups in total. The van der Waals surface area contributed by atoms with Gasteiger partial charge in [0.25, 0.3) is 5.56 Å². The predicted molar refractivity (Wildman–Crippen MR) is 83.4 cm³/mol. The molecule has 0 unspecified atom stereocenters. The molecule has 0 amide bonds. The number of aromatic nitrogens is 2. The summed E-state index contributed by atoms with van der Waals surface area (Å²) in [4.78, 5) is 18.9. The van der Waals surface area contributed by atoms with Crippen molar-refractivity contribution in [2.24, 2.45) is 0 Å². The van der Waals surface area contributed by atoms with Crippen LogP contribution in [0.15, 0.2) is 23.0 Å². The van der Waals surface area contributed by atoms with Gasteiger partial charge in [-0.05, 0) is 12.1 Å². The Balaban J connectivity index is 2.49. The van der Waals surface area contributed by atoms with E-state index in [4.69, 9.17) is 19.9 Å². The van der Waals surface area contributed by atoms with Crippen LogP contribution in [0.5, 0.6) is 11.5 Å². The minimum absolute atomic E-state index is 0.232. The number of H-pyrrole nitrogens is 1. The number of ether oxygens (including phenoxy) is 3. The lowest BCUT2D eigenvalue weighted by atomic mass is 10.1. The molecular weight excluding hydrogens is 286 g/mol. The van der Waals surface area contributed by atoms with Crippen molar-refractivity contribution in [1.29, 1.82) is 0 Å². The molecule has 1 aromatic heterocycles. The second-order valence-electron chi connectivity index (χ2n) is 4.62. The normalized spacial score (nSPS) is 10.5. The van der Waals surface area contributed by atoms with Crippen LogP contribution >= 0.6 is 0 Å².